The van der Waals surface area contributed by atoms with Crippen LogP contribution in [-0.2, 0) is 14.3 Å². The summed E-state index contributed by atoms with van der Waals surface area (Å²) in [6.45, 7) is 13.6. The Hall–Kier alpha value is -0.600. The van der Waals surface area contributed by atoms with E-state index in [0.717, 1.165) is 77.9 Å². The van der Waals surface area contributed by atoms with E-state index in [2.05, 4.69) is 49.8 Å². The Morgan fingerprint density at radius 2 is 1.91 bits per heavy atom. The van der Waals surface area contributed by atoms with Crippen molar-refractivity contribution in [3.05, 3.63) is 0 Å². The van der Waals surface area contributed by atoms with Gasteiger partial charge in [-0.2, -0.15) is 0 Å². The van der Waals surface area contributed by atoms with E-state index in [0.29, 0.717) is 50.3 Å². The quantitative estimate of drug-likeness (QED) is 0.195. The molecule has 0 aromatic heterocycles. The summed E-state index contributed by atoms with van der Waals surface area (Å²) in [6.07, 6.45) is 8.45. The highest BCUT2D eigenvalue weighted by Gasteiger charge is 2.42. The molecule has 6 aliphatic rings. The van der Waals surface area contributed by atoms with Crippen molar-refractivity contribution in [1.29, 1.82) is 0 Å². The second-order valence-corrected chi connectivity index (χ2v) is 15.5. The zero-order valence-electron chi connectivity index (χ0n) is 27.7. The minimum Gasteiger partial charge on any atom is -0.390 e. The van der Waals surface area contributed by atoms with E-state index in [-0.39, 0.29) is 41.7 Å². The topological polar surface area (TPSA) is 114 Å². The van der Waals surface area contributed by atoms with Gasteiger partial charge in [0.2, 0.25) is 5.91 Å². The van der Waals surface area contributed by atoms with Crippen molar-refractivity contribution in [2.45, 2.75) is 113 Å². The summed E-state index contributed by atoms with van der Waals surface area (Å²) in [7, 11) is 0. The van der Waals surface area contributed by atoms with E-state index < -0.39 is 6.10 Å². The van der Waals surface area contributed by atoms with Gasteiger partial charge in [0.05, 0.1) is 49.4 Å². The number of piperazine rings is 1. The molecule has 45 heavy (non-hydrogen) atoms. The summed E-state index contributed by atoms with van der Waals surface area (Å²) in [5.74, 6) is 1.00. The van der Waals surface area contributed by atoms with Gasteiger partial charge in [-0.3, -0.25) is 30.5 Å². The molecular formula is C33H60ClN7O4. The van der Waals surface area contributed by atoms with Gasteiger partial charge in [0.25, 0.3) is 0 Å². The normalized spacial score (nSPS) is 38.2. The molecule has 2 saturated carbocycles. The van der Waals surface area contributed by atoms with Crippen molar-refractivity contribution in [3.63, 3.8) is 0 Å². The molecule has 6 rings (SSSR count). The molecule has 12 heteroatoms. The number of carbonyl (C=O) groups excluding carboxylic acids is 1. The van der Waals surface area contributed by atoms with Crippen LogP contribution in [0, 0.1) is 17.8 Å². The first kappa shape index (κ1) is 34.3. The van der Waals surface area contributed by atoms with Gasteiger partial charge in [-0.25, -0.2) is 0 Å². The highest BCUT2D eigenvalue weighted by Crippen LogP contribution is 2.40. The average Bonchev–Trinajstić information content (AvgIpc) is 3.55. The number of carbonyl (C=O) groups is 1. The molecule has 4 saturated heterocycles. The van der Waals surface area contributed by atoms with E-state index in [4.69, 9.17) is 21.1 Å². The minimum absolute atomic E-state index is 0.0277. The summed E-state index contributed by atoms with van der Waals surface area (Å²) in [5, 5.41) is 25.0. The van der Waals surface area contributed by atoms with Crippen molar-refractivity contribution in [2.24, 2.45) is 17.8 Å². The van der Waals surface area contributed by atoms with Gasteiger partial charge in [0.1, 0.15) is 0 Å². The lowest BCUT2D eigenvalue weighted by molar-refractivity contribution is -0.128. The molecule has 8 unspecified atom stereocenters. The Morgan fingerprint density at radius 1 is 1.09 bits per heavy atom. The number of alkyl halides is 1. The summed E-state index contributed by atoms with van der Waals surface area (Å²) in [5.41, 5.74) is 0. The monoisotopic (exact) mass is 653 g/mol. The number of rotatable bonds is 12. The number of amides is 1. The Bertz CT molecular complexity index is 933. The number of ether oxygens (including phenoxy) is 2. The van der Waals surface area contributed by atoms with E-state index >= 15 is 0 Å². The fourth-order valence-electron chi connectivity index (χ4n) is 8.55. The first-order chi connectivity index (χ1) is 21.8. The Labute approximate surface area is 275 Å². The molecule has 0 bridgehead atoms. The average molecular weight is 654 g/mol. The maximum absolute atomic E-state index is 13.5. The van der Waals surface area contributed by atoms with E-state index in [1.54, 1.807) is 0 Å². The number of fused-ring (bicyclic) bond motifs is 1. The molecule has 0 radical (unpaired) electrons. The molecule has 1 amide bonds. The lowest BCUT2D eigenvalue weighted by atomic mass is 9.73. The maximum Gasteiger partial charge on any atom is 0.223 e. The van der Waals surface area contributed by atoms with Crippen LogP contribution in [0.2, 0.25) is 0 Å². The Balaban J connectivity index is 0.937. The third kappa shape index (κ3) is 9.10. The van der Waals surface area contributed by atoms with E-state index in [9.17, 15) is 9.90 Å². The standard InChI is InChI=1S/C33H60ClN7O4/c1-22(2)40-10-12-41(13-11-40)31-15-24(14-30(38-31)37-25-4-3-5-25)33(43)36-16-26(42)19-39-9-8-28-23(18-39)6-7-29(32(28)34)44-20-27-17-35-21-45-27/h22-32,35,37-38,42H,3-21H2,1-2H3,(H,36,43)/t23?,24?,26-,27?,28?,29?,30?,31?,32?/m0/s1. The second-order valence-electron chi connectivity index (χ2n) is 15.0. The van der Waals surface area contributed by atoms with Crippen LogP contribution in [0.25, 0.3) is 0 Å². The number of likely N-dealkylation sites (tertiary alicyclic amines) is 1. The van der Waals surface area contributed by atoms with Gasteiger partial charge in [0, 0.05) is 70.4 Å². The van der Waals surface area contributed by atoms with E-state index in [1.807, 2.05) is 0 Å². The predicted molar refractivity (Wildman–Crippen MR) is 176 cm³/mol. The zero-order valence-corrected chi connectivity index (χ0v) is 28.4. The molecule has 4 aliphatic heterocycles. The fraction of sp³-hybridized carbons (Fsp3) is 0.970. The third-order valence-corrected chi connectivity index (χ3v) is 12.2. The maximum atomic E-state index is 13.5. The molecule has 9 atom stereocenters. The van der Waals surface area contributed by atoms with Crippen molar-refractivity contribution < 1.29 is 19.4 Å². The van der Waals surface area contributed by atoms with Crippen molar-refractivity contribution >= 4 is 17.5 Å². The SMILES string of the molecule is CC(C)N1CCN(C2CC(C(=O)NC[C@H](O)CN3CCC4C(CCC(OCC5CNCO5)C4Cl)C3)CC(NC3CCC3)N2)CC1. The fourth-order valence-corrected chi connectivity index (χ4v) is 9.08. The number of hydrogen-bond donors (Lipinski definition) is 5. The first-order valence-electron chi connectivity index (χ1n) is 18.1. The predicted octanol–water partition coefficient (Wildman–Crippen LogP) is 0.954. The molecule has 5 N–H and O–H groups in total. The number of piperidine rings is 2. The van der Waals surface area contributed by atoms with Gasteiger partial charge < -0.3 is 24.8 Å². The van der Waals surface area contributed by atoms with Gasteiger partial charge in [-0.1, -0.05) is 6.42 Å². The number of aliphatic hydroxyl groups is 1. The van der Waals surface area contributed by atoms with Crippen LogP contribution in [0.5, 0.6) is 0 Å². The number of hydrogen-bond acceptors (Lipinski definition) is 10. The van der Waals surface area contributed by atoms with Crippen LogP contribution in [-0.4, -0.2) is 146 Å². The molecule has 11 nitrogen and oxygen atoms in total. The molecule has 6 fully saturated rings. The summed E-state index contributed by atoms with van der Waals surface area (Å²) < 4.78 is 11.8. The first-order valence-corrected chi connectivity index (χ1v) is 18.5. The van der Waals surface area contributed by atoms with Crippen LogP contribution in [0.1, 0.15) is 65.2 Å². The molecular weight excluding hydrogens is 594 g/mol. The van der Waals surface area contributed by atoms with Crippen molar-refractivity contribution in [1.82, 2.24) is 36.0 Å². The molecule has 4 heterocycles. The molecule has 258 valence electrons. The third-order valence-electron chi connectivity index (χ3n) is 11.6. The minimum atomic E-state index is -0.581. The van der Waals surface area contributed by atoms with Crippen LogP contribution in [0.4, 0.5) is 0 Å². The van der Waals surface area contributed by atoms with Gasteiger partial charge >= 0.3 is 0 Å². The van der Waals surface area contributed by atoms with Crippen molar-refractivity contribution in [3.8, 4) is 0 Å². The van der Waals surface area contributed by atoms with Crippen LogP contribution in [0.3, 0.4) is 0 Å². The van der Waals surface area contributed by atoms with Gasteiger partial charge in [-0.15, -0.1) is 11.6 Å². The molecule has 0 spiro atoms. The lowest BCUT2D eigenvalue weighted by Gasteiger charge is -2.47. The number of nitrogens with one attached hydrogen (secondary N) is 4. The van der Waals surface area contributed by atoms with Crippen LogP contribution >= 0.6 is 11.6 Å². The highest BCUT2D eigenvalue weighted by molar-refractivity contribution is 6.21. The van der Waals surface area contributed by atoms with Crippen LogP contribution in [0.15, 0.2) is 0 Å². The number of β-amino-alcohol motifs (C(OH)–C–C–N with tert-alkyl or cyclic N) is 1. The molecule has 2 aliphatic carbocycles. The Kier molecular flexibility index (Phi) is 12.3. The summed E-state index contributed by atoms with van der Waals surface area (Å²) in [4.78, 5) is 21.0. The largest absolute Gasteiger partial charge is 0.390 e. The lowest BCUT2D eigenvalue weighted by Crippen LogP contribution is -2.64. The van der Waals surface area contributed by atoms with Crippen LogP contribution < -0.4 is 21.3 Å². The van der Waals surface area contributed by atoms with Gasteiger partial charge in [0.15, 0.2) is 0 Å². The summed E-state index contributed by atoms with van der Waals surface area (Å²) >= 11 is 6.97. The second kappa shape index (κ2) is 16.2. The zero-order chi connectivity index (χ0) is 31.3. The van der Waals surface area contributed by atoms with Crippen molar-refractivity contribution in [2.75, 3.05) is 72.2 Å². The number of halogens is 1. The summed E-state index contributed by atoms with van der Waals surface area (Å²) in [6, 6.07) is 1.14. The van der Waals surface area contributed by atoms with Gasteiger partial charge in [-0.05, 0) is 77.2 Å². The number of nitrogens with zero attached hydrogens (tertiary/aromatic N) is 3. The van der Waals surface area contributed by atoms with E-state index in [1.165, 1.54) is 19.3 Å². The molecule has 0 aromatic rings. The smallest absolute Gasteiger partial charge is 0.223 e. The number of aliphatic hydroxyl groups excluding tert-OH is 1. The molecule has 0 aromatic carbocycles. The highest BCUT2D eigenvalue weighted by atomic mass is 35.5. The Morgan fingerprint density at radius 3 is 2.62 bits per heavy atom.